The highest BCUT2D eigenvalue weighted by Gasteiger charge is 2.79. The molecule has 4 unspecified atom stereocenters. The molecule has 4 nitrogen and oxygen atoms in total. The Hall–Kier alpha value is -1.45. The third-order valence-electron chi connectivity index (χ3n) is 5.93. The van der Waals surface area contributed by atoms with Crippen LogP contribution in [0.15, 0.2) is 0 Å². The Balaban J connectivity index is 3.66. The van der Waals surface area contributed by atoms with Gasteiger partial charge in [-0.05, 0) is 25.7 Å². The second-order valence-electron chi connectivity index (χ2n) is 7.92. The maximum Gasteiger partial charge on any atom is 0.426 e. The minimum Gasteiger partial charge on any atom is -0.462 e. The van der Waals surface area contributed by atoms with E-state index < -0.39 is 85.0 Å². The Morgan fingerprint density at radius 3 is 1.55 bits per heavy atom. The second kappa shape index (κ2) is 8.96. The number of alkyl halides is 12. The van der Waals surface area contributed by atoms with Gasteiger partial charge in [0.05, 0.1) is 5.92 Å². The first kappa shape index (κ1) is 29.6. The third kappa shape index (κ3) is 5.15. The van der Waals surface area contributed by atoms with E-state index in [0.717, 1.165) is 6.92 Å². The predicted octanol–water partition coefficient (Wildman–Crippen LogP) is 5.07. The Labute approximate surface area is 178 Å². The van der Waals surface area contributed by atoms with Crippen LogP contribution in [0.1, 0.15) is 39.5 Å². The van der Waals surface area contributed by atoms with Crippen molar-refractivity contribution in [2.75, 3.05) is 0 Å². The maximum absolute atomic E-state index is 13.4. The number of hydrogen-bond acceptors (Lipinski definition) is 4. The molecule has 0 bridgehead atoms. The number of ether oxygens (including phenoxy) is 1. The summed E-state index contributed by atoms with van der Waals surface area (Å²) in [6.07, 6.45) is -33.9. The zero-order valence-corrected chi connectivity index (χ0v) is 16.9. The molecule has 0 aromatic rings. The van der Waals surface area contributed by atoms with E-state index in [0.29, 0.717) is 0 Å². The van der Waals surface area contributed by atoms with Gasteiger partial charge in [0.1, 0.15) is 6.10 Å². The molecule has 16 heteroatoms. The van der Waals surface area contributed by atoms with E-state index in [1.807, 2.05) is 0 Å². The lowest BCUT2D eigenvalue weighted by Crippen LogP contribution is -2.68. The molecule has 0 amide bonds. The normalized spacial score (nSPS) is 25.0. The molecule has 1 fully saturated rings. The van der Waals surface area contributed by atoms with Crippen LogP contribution in [0.5, 0.6) is 0 Å². The van der Waals surface area contributed by atoms with Crippen LogP contribution in [-0.2, 0) is 9.53 Å². The molecule has 196 valence electrons. The van der Waals surface area contributed by atoms with Crippen molar-refractivity contribution in [2.24, 2.45) is 17.8 Å². The molecule has 4 atom stereocenters. The van der Waals surface area contributed by atoms with Gasteiger partial charge in [-0.2, -0.15) is 52.7 Å². The predicted molar refractivity (Wildman–Crippen MR) is 84.3 cm³/mol. The van der Waals surface area contributed by atoms with Crippen LogP contribution >= 0.6 is 0 Å². The summed E-state index contributed by atoms with van der Waals surface area (Å²) in [4.78, 5) is 11.9. The minimum atomic E-state index is -6.63. The summed E-state index contributed by atoms with van der Waals surface area (Å²) < 4.78 is 164. The van der Waals surface area contributed by atoms with Crippen molar-refractivity contribution in [1.29, 1.82) is 0 Å². The number of halogens is 12. The molecule has 1 saturated carbocycles. The minimum absolute atomic E-state index is 0.0104. The van der Waals surface area contributed by atoms with Crippen LogP contribution in [0.25, 0.3) is 0 Å². The van der Waals surface area contributed by atoms with Crippen molar-refractivity contribution in [2.45, 2.75) is 81.5 Å². The number of aliphatic hydroxyl groups is 2. The number of rotatable bonds is 5. The van der Waals surface area contributed by atoms with Crippen LogP contribution in [0.4, 0.5) is 52.7 Å². The van der Waals surface area contributed by atoms with Crippen molar-refractivity contribution in [3.8, 4) is 0 Å². The van der Waals surface area contributed by atoms with Gasteiger partial charge in [0.2, 0.25) is 0 Å². The van der Waals surface area contributed by atoms with E-state index in [4.69, 9.17) is 0 Å². The number of carbonyl (C=O) groups excluding carboxylic acids is 1. The van der Waals surface area contributed by atoms with Crippen LogP contribution in [0, 0.1) is 17.8 Å². The lowest BCUT2D eigenvalue weighted by Gasteiger charge is -2.49. The van der Waals surface area contributed by atoms with Crippen molar-refractivity contribution in [1.82, 2.24) is 0 Å². The summed E-state index contributed by atoms with van der Waals surface area (Å²) in [5.74, 6) is -9.24. The molecule has 33 heavy (non-hydrogen) atoms. The van der Waals surface area contributed by atoms with Gasteiger partial charge < -0.3 is 14.9 Å². The van der Waals surface area contributed by atoms with Crippen LogP contribution in [0.2, 0.25) is 0 Å². The molecule has 0 aliphatic heterocycles. The van der Waals surface area contributed by atoms with Gasteiger partial charge in [-0.15, -0.1) is 0 Å². The van der Waals surface area contributed by atoms with Crippen molar-refractivity contribution >= 4 is 5.97 Å². The SMILES string of the molecule is CCC(C)C(=O)OC1CCC(C(O)(C(F)(F)F)C(F)(F)F)CC1C(O)(C(F)(F)F)C(F)(F)F. The summed E-state index contributed by atoms with van der Waals surface area (Å²) in [5.41, 5.74) is -11.5. The molecular weight excluding hydrogens is 496 g/mol. The Bertz CT molecular complexity index is 666. The molecule has 2 N–H and O–H groups in total. The first-order valence-corrected chi connectivity index (χ1v) is 9.38. The summed E-state index contributed by atoms with van der Waals surface area (Å²) >= 11 is 0. The van der Waals surface area contributed by atoms with Crippen LogP contribution in [0.3, 0.4) is 0 Å². The molecule has 0 radical (unpaired) electrons. The van der Waals surface area contributed by atoms with Crippen molar-refractivity contribution < 1.29 is 72.4 Å². The molecule has 1 rings (SSSR count). The van der Waals surface area contributed by atoms with E-state index >= 15 is 0 Å². The quantitative estimate of drug-likeness (QED) is 0.396. The molecule has 0 aromatic carbocycles. The van der Waals surface area contributed by atoms with Crippen molar-refractivity contribution in [3.05, 3.63) is 0 Å². The number of esters is 1. The zero-order chi connectivity index (χ0) is 26.4. The third-order valence-corrected chi connectivity index (χ3v) is 5.93. The van der Waals surface area contributed by atoms with Gasteiger partial charge in [-0.25, -0.2) is 0 Å². The molecule has 1 aliphatic carbocycles. The van der Waals surface area contributed by atoms with E-state index in [2.05, 4.69) is 4.74 Å². The summed E-state index contributed by atoms with van der Waals surface area (Å²) in [7, 11) is 0. The fourth-order valence-corrected chi connectivity index (χ4v) is 3.74. The summed E-state index contributed by atoms with van der Waals surface area (Å²) in [6, 6.07) is 0. The van der Waals surface area contributed by atoms with Crippen LogP contribution in [-0.4, -0.2) is 58.2 Å². The van der Waals surface area contributed by atoms with Gasteiger partial charge in [0, 0.05) is 11.8 Å². The summed E-state index contributed by atoms with van der Waals surface area (Å²) in [5, 5.41) is 19.2. The molecule has 0 spiro atoms. The lowest BCUT2D eigenvalue weighted by atomic mass is 9.65. The zero-order valence-electron chi connectivity index (χ0n) is 16.9. The average Bonchev–Trinajstić information content (AvgIpc) is 2.62. The molecule has 0 aromatic heterocycles. The molecular formula is C17H20F12O4. The van der Waals surface area contributed by atoms with Crippen LogP contribution < -0.4 is 0 Å². The van der Waals surface area contributed by atoms with Gasteiger partial charge in [0.25, 0.3) is 11.2 Å². The molecule has 1 aliphatic rings. The molecule has 0 saturated heterocycles. The first-order valence-electron chi connectivity index (χ1n) is 9.38. The largest absolute Gasteiger partial charge is 0.462 e. The topological polar surface area (TPSA) is 66.8 Å². The number of carbonyl (C=O) groups is 1. The summed E-state index contributed by atoms with van der Waals surface area (Å²) in [6.45, 7) is 2.55. The maximum atomic E-state index is 13.4. The Morgan fingerprint density at radius 1 is 0.818 bits per heavy atom. The Kier molecular flexibility index (Phi) is 8.04. The van der Waals surface area contributed by atoms with E-state index in [1.54, 1.807) is 0 Å². The van der Waals surface area contributed by atoms with Crippen molar-refractivity contribution in [3.63, 3.8) is 0 Å². The van der Waals surface area contributed by atoms with Gasteiger partial charge in [-0.1, -0.05) is 13.8 Å². The van der Waals surface area contributed by atoms with E-state index in [9.17, 15) is 67.7 Å². The van der Waals surface area contributed by atoms with Gasteiger partial charge in [-0.3, -0.25) is 4.79 Å². The average molecular weight is 516 g/mol. The monoisotopic (exact) mass is 516 g/mol. The fraction of sp³-hybridized carbons (Fsp3) is 0.941. The lowest BCUT2D eigenvalue weighted by molar-refractivity contribution is -0.408. The van der Waals surface area contributed by atoms with Gasteiger partial charge in [0.15, 0.2) is 0 Å². The van der Waals surface area contributed by atoms with Gasteiger partial charge >= 0.3 is 30.7 Å². The second-order valence-corrected chi connectivity index (χ2v) is 7.92. The molecule has 0 heterocycles. The fourth-order valence-electron chi connectivity index (χ4n) is 3.74. The number of hydrogen-bond donors (Lipinski definition) is 2. The van der Waals surface area contributed by atoms with E-state index in [1.165, 1.54) is 6.92 Å². The highest BCUT2D eigenvalue weighted by molar-refractivity contribution is 5.72. The Morgan fingerprint density at radius 2 is 1.21 bits per heavy atom. The van der Waals surface area contributed by atoms with E-state index in [-0.39, 0.29) is 6.42 Å². The smallest absolute Gasteiger partial charge is 0.426 e. The highest BCUT2D eigenvalue weighted by atomic mass is 19.4. The first-order chi connectivity index (χ1) is 14.5. The standard InChI is InChI=1S/C17H20F12O4/c1-3-7(2)11(30)33-10-5-4-8(12(31,14(18,19)20)15(21,22)23)6-9(10)13(32,16(24,25)26)17(27,28)29/h7-10,31-32H,3-6H2,1-2H3. The highest BCUT2D eigenvalue weighted by Crippen LogP contribution is 2.58.